The Morgan fingerprint density at radius 1 is 1.11 bits per heavy atom. The van der Waals surface area contributed by atoms with Gasteiger partial charge in [0.2, 0.25) is 0 Å². The number of ether oxygens (including phenoxy) is 1. The van der Waals surface area contributed by atoms with Gasteiger partial charge in [-0.15, -0.1) is 0 Å². The van der Waals surface area contributed by atoms with Crippen LogP contribution >= 0.6 is 15.9 Å². The predicted molar refractivity (Wildman–Crippen MR) is 72.2 cm³/mol. The van der Waals surface area contributed by atoms with Crippen LogP contribution in [0.5, 0.6) is 5.75 Å². The quantitative estimate of drug-likeness (QED) is 0.375. The first-order valence-electron chi connectivity index (χ1n) is 5.29. The van der Waals surface area contributed by atoms with Crippen molar-refractivity contribution in [2.24, 2.45) is 0 Å². The van der Waals surface area contributed by atoms with Crippen LogP contribution in [-0.2, 0) is 0 Å². The zero-order chi connectivity index (χ0) is 13.8. The highest BCUT2D eigenvalue weighted by atomic mass is 79.9. The van der Waals surface area contributed by atoms with E-state index in [0.717, 1.165) is 0 Å². The molecular formula is C13H8BrNO4. The minimum absolute atomic E-state index is 0.0549. The van der Waals surface area contributed by atoms with Gasteiger partial charge in [-0.25, -0.2) is 4.79 Å². The van der Waals surface area contributed by atoms with Gasteiger partial charge in [-0.05, 0) is 40.2 Å². The van der Waals surface area contributed by atoms with Crippen molar-refractivity contribution in [3.63, 3.8) is 0 Å². The number of esters is 1. The Labute approximate surface area is 117 Å². The Bertz CT molecular complexity index is 625. The lowest BCUT2D eigenvalue weighted by Gasteiger charge is -2.05. The van der Waals surface area contributed by atoms with Gasteiger partial charge in [-0.2, -0.15) is 0 Å². The second-order valence-electron chi connectivity index (χ2n) is 3.62. The van der Waals surface area contributed by atoms with Gasteiger partial charge in [0.1, 0.15) is 5.75 Å². The molecule has 2 rings (SSSR count). The number of carbonyl (C=O) groups is 1. The number of halogens is 1. The molecule has 0 saturated carbocycles. The Balaban J connectivity index is 2.15. The van der Waals surface area contributed by atoms with Gasteiger partial charge in [0.15, 0.2) is 0 Å². The molecule has 0 saturated heterocycles. The number of nitro groups is 1. The van der Waals surface area contributed by atoms with Crippen molar-refractivity contribution in [1.82, 2.24) is 0 Å². The summed E-state index contributed by atoms with van der Waals surface area (Å²) in [4.78, 5) is 21.8. The monoisotopic (exact) mass is 321 g/mol. The fourth-order valence-corrected chi connectivity index (χ4v) is 1.87. The molecule has 0 N–H and O–H groups in total. The highest BCUT2D eigenvalue weighted by Gasteiger charge is 2.12. The molecule has 0 radical (unpaired) electrons. The van der Waals surface area contributed by atoms with E-state index in [0.29, 0.717) is 10.0 Å². The first-order valence-corrected chi connectivity index (χ1v) is 6.08. The number of nitrogens with zero attached hydrogens (tertiary/aromatic N) is 1. The van der Waals surface area contributed by atoms with E-state index in [-0.39, 0.29) is 11.4 Å². The molecule has 2 aromatic carbocycles. The lowest BCUT2D eigenvalue weighted by atomic mass is 10.2. The fourth-order valence-electron chi connectivity index (χ4n) is 1.42. The van der Waals surface area contributed by atoms with Crippen molar-refractivity contribution in [1.29, 1.82) is 0 Å². The van der Waals surface area contributed by atoms with E-state index in [2.05, 4.69) is 15.9 Å². The number of benzene rings is 2. The van der Waals surface area contributed by atoms with E-state index in [9.17, 15) is 14.9 Å². The van der Waals surface area contributed by atoms with E-state index in [1.165, 1.54) is 24.3 Å². The van der Waals surface area contributed by atoms with Gasteiger partial charge in [-0.3, -0.25) is 10.1 Å². The largest absolute Gasteiger partial charge is 0.423 e. The molecule has 0 aliphatic rings. The second kappa shape index (κ2) is 5.62. The number of hydrogen-bond acceptors (Lipinski definition) is 4. The molecule has 96 valence electrons. The summed E-state index contributed by atoms with van der Waals surface area (Å²) < 4.78 is 5.75. The topological polar surface area (TPSA) is 69.4 Å². The van der Waals surface area contributed by atoms with Crippen LogP contribution in [0.2, 0.25) is 0 Å². The van der Waals surface area contributed by atoms with E-state index < -0.39 is 10.9 Å². The molecule has 2 aromatic rings. The van der Waals surface area contributed by atoms with Crippen molar-refractivity contribution < 1.29 is 14.5 Å². The molecule has 6 heteroatoms. The zero-order valence-corrected chi connectivity index (χ0v) is 11.2. The standard InChI is InChI=1S/C13H8BrNO4/c14-12-4-2-1-3-11(12)13(16)19-10-7-5-9(6-8-10)15(17)18/h1-8H. The molecule has 5 nitrogen and oxygen atoms in total. The predicted octanol–water partition coefficient (Wildman–Crippen LogP) is 3.58. The van der Waals surface area contributed by atoms with Gasteiger partial charge < -0.3 is 4.74 Å². The van der Waals surface area contributed by atoms with Crippen LogP contribution in [0.15, 0.2) is 53.0 Å². The Hall–Kier alpha value is -2.21. The van der Waals surface area contributed by atoms with Crippen LogP contribution in [-0.4, -0.2) is 10.9 Å². The van der Waals surface area contributed by atoms with Crippen LogP contribution in [0.4, 0.5) is 5.69 Å². The summed E-state index contributed by atoms with van der Waals surface area (Å²) in [6.07, 6.45) is 0. The third kappa shape index (κ3) is 3.17. The maximum atomic E-state index is 11.9. The SMILES string of the molecule is O=C(Oc1ccc([N+](=O)[O-])cc1)c1ccccc1Br. The van der Waals surface area contributed by atoms with Gasteiger partial charge in [0.25, 0.3) is 5.69 Å². The van der Waals surface area contributed by atoms with Crippen LogP contribution < -0.4 is 4.74 Å². The lowest BCUT2D eigenvalue weighted by Crippen LogP contribution is -2.09. The molecule has 19 heavy (non-hydrogen) atoms. The zero-order valence-electron chi connectivity index (χ0n) is 9.58. The molecule has 0 fully saturated rings. The molecule has 0 atom stereocenters. The van der Waals surface area contributed by atoms with Crippen molar-refractivity contribution >= 4 is 27.6 Å². The normalized spacial score (nSPS) is 9.95. The first kappa shape index (κ1) is 13.2. The van der Waals surface area contributed by atoms with E-state index >= 15 is 0 Å². The average molecular weight is 322 g/mol. The third-order valence-corrected chi connectivity index (χ3v) is 3.04. The number of non-ortho nitro benzene ring substituents is 1. The van der Waals surface area contributed by atoms with E-state index in [1.807, 2.05) is 0 Å². The Morgan fingerprint density at radius 2 is 1.74 bits per heavy atom. The van der Waals surface area contributed by atoms with Crippen LogP contribution in [0.1, 0.15) is 10.4 Å². The molecule has 0 bridgehead atoms. The maximum absolute atomic E-state index is 11.9. The summed E-state index contributed by atoms with van der Waals surface area (Å²) >= 11 is 3.25. The van der Waals surface area contributed by atoms with Gasteiger partial charge in [0.05, 0.1) is 10.5 Å². The molecule has 0 spiro atoms. The number of nitro benzene ring substituents is 1. The van der Waals surface area contributed by atoms with Crippen molar-refractivity contribution in [2.45, 2.75) is 0 Å². The number of carbonyl (C=O) groups excluding carboxylic acids is 1. The highest BCUT2D eigenvalue weighted by molar-refractivity contribution is 9.10. The van der Waals surface area contributed by atoms with Crippen molar-refractivity contribution in [3.05, 3.63) is 68.7 Å². The second-order valence-corrected chi connectivity index (χ2v) is 4.47. The molecule has 0 aliphatic heterocycles. The van der Waals surface area contributed by atoms with E-state index in [4.69, 9.17) is 4.74 Å². The van der Waals surface area contributed by atoms with Crippen LogP contribution in [0.25, 0.3) is 0 Å². The average Bonchev–Trinajstić information content (AvgIpc) is 2.39. The Kier molecular flexibility index (Phi) is 3.91. The summed E-state index contributed by atoms with van der Waals surface area (Å²) in [6.45, 7) is 0. The van der Waals surface area contributed by atoms with Crippen molar-refractivity contribution in [2.75, 3.05) is 0 Å². The fraction of sp³-hybridized carbons (Fsp3) is 0. The Morgan fingerprint density at radius 3 is 2.32 bits per heavy atom. The number of rotatable bonds is 3. The highest BCUT2D eigenvalue weighted by Crippen LogP contribution is 2.21. The van der Waals surface area contributed by atoms with Crippen LogP contribution in [0.3, 0.4) is 0 Å². The smallest absolute Gasteiger partial charge is 0.344 e. The summed E-state index contributed by atoms with van der Waals surface area (Å²) in [5, 5.41) is 10.5. The molecule has 0 unspecified atom stereocenters. The summed E-state index contributed by atoms with van der Waals surface area (Å²) in [6, 6.07) is 12.2. The number of hydrogen-bond donors (Lipinski definition) is 0. The van der Waals surface area contributed by atoms with E-state index in [1.54, 1.807) is 24.3 Å². The van der Waals surface area contributed by atoms with Crippen molar-refractivity contribution in [3.8, 4) is 5.75 Å². The van der Waals surface area contributed by atoms with Gasteiger partial charge in [-0.1, -0.05) is 12.1 Å². The summed E-state index contributed by atoms with van der Waals surface area (Å²) in [5.41, 5.74) is 0.335. The third-order valence-electron chi connectivity index (χ3n) is 2.35. The summed E-state index contributed by atoms with van der Waals surface area (Å²) in [5.74, 6) is -0.271. The minimum Gasteiger partial charge on any atom is -0.423 e. The molecule has 0 heterocycles. The van der Waals surface area contributed by atoms with Gasteiger partial charge >= 0.3 is 5.97 Å². The minimum atomic E-state index is -0.527. The van der Waals surface area contributed by atoms with Gasteiger partial charge in [0, 0.05) is 16.6 Å². The first-order chi connectivity index (χ1) is 9.08. The molecule has 0 aromatic heterocycles. The molecule has 0 aliphatic carbocycles. The lowest BCUT2D eigenvalue weighted by molar-refractivity contribution is -0.384. The summed E-state index contributed by atoms with van der Waals surface area (Å²) in [7, 11) is 0. The molecule has 0 amide bonds. The maximum Gasteiger partial charge on any atom is 0.344 e. The molecular weight excluding hydrogens is 314 g/mol. The van der Waals surface area contributed by atoms with Crippen LogP contribution in [0, 0.1) is 10.1 Å².